The highest BCUT2D eigenvalue weighted by Gasteiger charge is 2.23. The van der Waals surface area contributed by atoms with Gasteiger partial charge < -0.3 is 14.5 Å². The largest absolute Gasteiger partial charge is 0.466 e. The minimum Gasteiger partial charge on any atom is -0.466 e. The number of nitrogens with zero attached hydrogens (tertiary/aromatic N) is 2. The number of methoxy groups -OCH3 is 1. The van der Waals surface area contributed by atoms with Crippen molar-refractivity contribution in [3.8, 4) is 0 Å². The molecule has 0 radical (unpaired) electrons. The van der Waals surface area contributed by atoms with Crippen molar-refractivity contribution >= 4 is 35.0 Å². The number of amides is 1. The van der Waals surface area contributed by atoms with Crippen LogP contribution in [0.4, 0.5) is 6.01 Å². The van der Waals surface area contributed by atoms with Gasteiger partial charge in [0.25, 0.3) is 5.91 Å². The fourth-order valence-electron chi connectivity index (χ4n) is 1.73. The Bertz CT molecular complexity index is 757. The predicted molar refractivity (Wildman–Crippen MR) is 72.5 cm³/mol. The van der Waals surface area contributed by atoms with Crippen LogP contribution in [0.15, 0.2) is 45.4 Å². The van der Waals surface area contributed by atoms with Gasteiger partial charge in [-0.25, -0.2) is 4.79 Å². The van der Waals surface area contributed by atoms with Crippen molar-refractivity contribution in [2.24, 2.45) is 4.99 Å². The van der Waals surface area contributed by atoms with E-state index in [1.807, 2.05) is 12.1 Å². The number of aliphatic imine (C=N–C) groups is 1. The van der Waals surface area contributed by atoms with E-state index in [0.29, 0.717) is 11.1 Å². The Morgan fingerprint density at radius 1 is 1.38 bits per heavy atom. The van der Waals surface area contributed by atoms with E-state index in [1.165, 1.54) is 7.11 Å². The molecule has 1 aliphatic rings. The zero-order chi connectivity index (χ0) is 14.8. The number of rotatable bonds is 2. The van der Waals surface area contributed by atoms with Gasteiger partial charge in [0.05, 0.1) is 13.2 Å². The molecule has 3 rings (SSSR count). The SMILES string of the molecule is COC(=O)/C=C1\N/C(=N\c2nc3ccccc3o2)NC1=O. The second-order valence-electron chi connectivity index (χ2n) is 4.08. The van der Waals surface area contributed by atoms with Crippen LogP contribution in [0.2, 0.25) is 0 Å². The second kappa shape index (κ2) is 5.08. The lowest BCUT2D eigenvalue weighted by molar-refractivity contribution is -0.135. The summed E-state index contributed by atoms with van der Waals surface area (Å²) in [5, 5.41) is 5.10. The van der Waals surface area contributed by atoms with Gasteiger partial charge in [-0.05, 0) is 12.1 Å². The third kappa shape index (κ3) is 2.59. The predicted octanol–water partition coefficient (Wildman–Crippen LogP) is 0.592. The maximum atomic E-state index is 11.6. The minimum atomic E-state index is -0.643. The van der Waals surface area contributed by atoms with Gasteiger partial charge in [-0.15, -0.1) is 0 Å². The summed E-state index contributed by atoms with van der Waals surface area (Å²) in [4.78, 5) is 30.9. The molecule has 0 unspecified atom stereocenters. The van der Waals surface area contributed by atoms with Crippen molar-refractivity contribution in [1.29, 1.82) is 0 Å². The van der Waals surface area contributed by atoms with Crippen molar-refractivity contribution in [3.63, 3.8) is 0 Å². The fraction of sp³-hybridized carbons (Fsp3) is 0.0769. The van der Waals surface area contributed by atoms with Crippen molar-refractivity contribution in [1.82, 2.24) is 15.6 Å². The summed E-state index contributed by atoms with van der Waals surface area (Å²) in [6.45, 7) is 0. The van der Waals surface area contributed by atoms with Gasteiger partial charge >= 0.3 is 12.0 Å². The third-order valence-electron chi connectivity index (χ3n) is 2.68. The smallest absolute Gasteiger partial charge is 0.332 e. The molecule has 106 valence electrons. The Morgan fingerprint density at radius 2 is 2.19 bits per heavy atom. The highest BCUT2D eigenvalue weighted by Crippen LogP contribution is 2.20. The number of benzene rings is 1. The number of hydrogen-bond donors (Lipinski definition) is 2. The molecule has 0 atom stereocenters. The Morgan fingerprint density at radius 3 is 2.95 bits per heavy atom. The summed E-state index contributed by atoms with van der Waals surface area (Å²) in [6, 6.07) is 7.28. The average Bonchev–Trinajstić information content (AvgIpc) is 3.02. The maximum Gasteiger partial charge on any atom is 0.332 e. The zero-order valence-corrected chi connectivity index (χ0v) is 10.9. The molecule has 1 fully saturated rings. The summed E-state index contributed by atoms with van der Waals surface area (Å²) < 4.78 is 9.85. The second-order valence-corrected chi connectivity index (χ2v) is 4.08. The van der Waals surface area contributed by atoms with Crippen LogP contribution in [-0.4, -0.2) is 29.9 Å². The van der Waals surface area contributed by atoms with Gasteiger partial charge in [-0.3, -0.25) is 10.1 Å². The number of ether oxygens (including phenoxy) is 1. The molecule has 0 bridgehead atoms. The van der Waals surface area contributed by atoms with E-state index >= 15 is 0 Å². The lowest BCUT2D eigenvalue weighted by Gasteiger charge is -1.94. The summed E-state index contributed by atoms with van der Waals surface area (Å²) >= 11 is 0. The highest BCUT2D eigenvalue weighted by atomic mass is 16.5. The quantitative estimate of drug-likeness (QED) is 0.618. The Hall–Kier alpha value is -3.16. The molecule has 2 heterocycles. The Balaban J connectivity index is 1.86. The van der Waals surface area contributed by atoms with Crippen molar-refractivity contribution in [2.45, 2.75) is 0 Å². The van der Waals surface area contributed by atoms with Crippen LogP contribution in [0.1, 0.15) is 0 Å². The molecule has 1 aromatic heterocycles. The average molecular weight is 286 g/mol. The van der Waals surface area contributed by atoms with Crippen LogP contribution in [0.5, 0.6) is 0 Å². The molecule has 1 amide bonds. The van der Waals surface area contributed by atoms with Gasteiger partial charge in [0.1, 0.15) is 11.2 Å². The summed E-state index contributed by atoms with van der Waals surface area (Å²) in [6.07, 6.45) is 1.03. The van der Waals surface area contributed by atoms with E-state index in [-0.39, 0.29) is 17.7 Å². The summed E-state index contributed by atoms with van der Waals surface area (Å²) in [7, 11) is 1.22. The molecule has 0 spiro atoms. The number of carbonyl (C=O) groups is 2. The van der Waals surface area contributed by atoms with Crippen LogP contribution >= 0.6 is 0 Å². The van der Waals surface area contributed by atoms with Gasteiger partial charge in [0.15, 0.2) is 5.58 Å². The van der Waals surface area contributed by atoms with E-state index in [0.717, 1.165) is 6.08 Å². The van der Waals surface area contributed by atoms with Crippen molar-refractivity contribution in [3.05, 3.63) is 36.0 Å². The molecule has 2 aromatic rings. The standard InChI is InChI=1S/C13H10N4O4/c1-20-10(18)6-8-11(19)16-12(14-8)17-13-15-7-4-2-3-5-9(7)21-13/h2-6H,1H3,(H2,14,15,16,17,19)/b8-6-. The molecule has 8 nitrogen and oxygen atoms in total. The number of hydrogen-bond acceptors (Lipinski definition) is 6. The maximum absolute atomic E-state index is 11.6. The number of fused-ring (bicyclic) bond motifs is 1. The number of guanidine groups is 1. The number of carbonyl (C=O) groups excluding carboxylic acids is 2. The molecule has 2 N–H and O–H groups in total. The summed E-state index contributed by atoms with van der Waals surface area (Å²) in [5.74, 6) is -1.01. The number of oxazole rings is 1. The van der Waals surface area contributed by atoms with Crippen molar-refractivity contribution in [2.75, 3.05) is 7.11 Å². The normalized spacial score (nSPS) is 18.0. The monoisotopic (exact) mass is 286 g/mol. The first kappa shape index (κ1) is 12.9. The van der Waals surface area contributed by atoms with Gasteiger partial charge in [0.2, 0.25) is 5.96 Å². The molecule has 8 heteroatoms. The van der Waals surface area contributed by atoms with E-state index in [9.17, 15) is 9.59 Å². The first-order valence-electron chi connectivity index (χ1n) is 5.98. The number of para-hydroxylation sites is 2. The van der Waals surface area contributed by atoms with Crippen LogP contribution < -0.4 is 10.6 Å². The molecule has 1 aliphatic heterocycles. The van der Waals surface area contributed by atoms with Crippen LogP contribution in [0.25, 0.3) is 11.1 Å². The Labute approximate surface area is 118 Å². The lowest BCUT2D eigenvalue weighted by Crippen LogP contribution is -2.24. The van der Waals surface area contributed by atoms with E-state index in [1.54, 1.807) is 12.1 Å². The number of esters is 1. The molecule has 0 aliphatic carbocycles. The van der Waals surface area contributed by atoms with Gasteiger partial charge in [0, 0.05) is 0 Å². The Kier molecular flexibility index (Phi) is 3.11. The number of aromatic nitrogens is 1. The van der Waals surface area contributed by atoms with E-state index in [4.69, 9.17) is 4.42 Å². The molecular formula is C13H10N4O4. The zero-order valence-electron chi connectivity index (χ0n) is 10.9. The number of nitrogens with one attached hydrogen (secondary N) is 2. The van der Waals surface area contributed by atoms with Crippen LogP contribution in [0, 0.1) is 0 Å². The molecule has 1 aromatic carbocycles. The van der Waals surface area contributed by atoms with Gasteiger partial charge in [-0.1, -0.05) is 12.1 Å². The van der Waals surface area contributed by atoms with E-state index < -0.39 is 11.9 Å². The first-order chi connectivity index (χ1) is 10.2. The molecular weight excluding hydrogens is 276 g/mol. The van der Waals surface area contributed by atoms with Crippen LogP contribution in [0.3, 0.4) is 0 Å². The fourth-order valence-corrected chi connectivity index (χ4v) is 1.73. The lowest BCUT2D eigenvalue weighted by atomic mass is 10.3. The van der Waals surface area contributed by atoms with Crippen LogP contribution in [-0.2, 0) is 14.3 Å². The molecule has 1 saturated heterocycles. The topological polar surface area (TPSA) is 106 Å². The first-order valence-corrected chi connectivity index (χ1v) is 5.98. The molecule has 21 heavy (non-hydrogen) atoms. The van der Waals surface area contributed by atoms with Gasteiger partial charge in [-0.2, -0.15) is 9.98 Å². The minimum absolute atomic E-state index is 0.0386. The third-order valence-corrected chi connectivity index (χ3v) is 2.68. The highest BCUT2D eigenvalue weighted by molar-refractivity contribution is 6.15. The summed E-state index contributed by atoms with van der Waals surface area (Å²) in [5.41, 5.74) is 1.29. The van der Waals surface area contributed by atoms with Crippen molar-refractivity contribution < 1.29 is 18.7 Å². The van der Waals surface area contributed by atoms with E-state index in [2.05, 4.69) is 25.3 Å². The molecule has 0 saturated carbocycles.